The van der Waals surface area contributed by atoms with Crippen LogP contribution in [0.5, 0.6) is 0 Å². The van der Waals surface area contributed by atoms with Gasteiger partial charge in [-0.1, -0.05) is 0 Å². The molecule has 0 saturated carbocycles. The first-order chi connectivity index (χ1) is 9.02. The molecule has 0 aliphatic carbocycles. The molecule has 0 atom stereocenters. The van der Waals surface area contributed by atoms with Gasteiger partial charge in [-0.05, 0) is 26.7 Å². The number of carbonyl (C=O) groups is 1. The van der Waals surface area contributed by atoms with Crippen molar-refractivity contribution in [2.24, 2.45) is 5.92 Å². The molecule has 19 heavy (non-hydrogen) atoms. The van der Waals surface area contributed by atoms with E-state index in [1.807, 2.05) is 13.8 Å². The summed E-state index contributed by atoms with van der Waals surface area (Å²) in [4.78, 5) is 22.4. The lowest BCUT2D eigenvalue weighted by atomic mass is 9.96. The molecule has 0 spiro atoms. The zero-order valence-electron chi connectivity index (χ0n) is 11.7. The minimum atomic E-state index is 0.113. The van der Waals surface area contributed by atoms with E-state index in [4.69, 9.17) is 5.73 Å². The third-order valence-electron chi connectivity index (χ3n) is 3.68. The molecule has 2 rings (SSSR count). The quantitative estimate of drug-likeness (QED) is 0.818. The van der Waals surface area contributed by atoms with Gasteiger partial charge in [0.05, 0.1) is 0 Å². The molecular weight excluding hydrogens is 242 g/mol. The van der Waals surface area contributed by atoms with Crippen LogP contribution in [0.4, 0.5) is 11.6 Å². The number of aromatic nitrogens is 2. The van der Waals surface area contributed by atoms with Crippen molar-refractivity contribution in [3.8, 4) is 0 Å². The Balaban J connectivity index is 2.12. The Kier molecular flexibility index (Phi) is 3.87. The molecule has 1 amide bonds. The van der Waals surface area contributed by atoms with Crippen molar-refractivity contribution in [2.45, 2.75) is 26.7 Å². The van der Waals surface area contributed by atoms with Crippen molar-refractivity contribution in [3.05, 3.63) is 11.4 Å². The Hall–Kier alpha value is -1.85. The fourth-order valence-corrected chi connectivity index (χ4v) is 2.50. The number of nitrogens with zero attached hydrogens (tertiary/aromatic N) is 3. The summed E-state index contributed by atoms with van der Waals surface area (Å²) in [5, 5.41) is 2.72. The van der Waals surface area contributed by atoms with E-state index in [0.29, 0.717) is 11.6 Å². The number of hydrogen-bond acceptors (Lipinski definition) is 5. The molecule has 3 N–H and O–H groups in total. The molecule has 1 saturated heterocycles. The molecule has 2 heterocycles. The summed E-state index contributed by atoms with van der Waals surface area (Å²) in [5.74, 6) is 2.37. The van der Waals surface area contributed by atoms with Crippen LogP contribution >= 0.6 is 0 Å². The monoisotopic (exact) mass is 263 g/mol. The molecule has 6 heteroatoms. The van der Waals surface area contributed by atoms with Crippen LogP contribution in [-0.2, 0) is 4.79 Å². The van der Waals surface area contributed by atoms with E-state index in [1.165, 1.54) is 0 Å². The zero-order valence-corrected chi connectivity index (χ0v) is 11.7. The predicted molar refractivity (Wildman–Crippen MR) is 74.9 cm³/mol. The molecule has 104 valence electrons. The Morgan fingerprint density at radius 3 is 2.53 bits per heavy atom. The van der Waals surface area contributed by atoms with E-state index < -0.39 is 0 Å². The maximum Gasteiger partial charge on any atom is 0.222 e. The third-order valence-corrected chi connectivity index (χ3v) is 3.68. The first kappa shape index (κ1) is 13.6. The number of carbonyl (C=O) groups excluding carboxylic acids is 1. The van der Waals surface area contributed by atoms with Gasteiger partial charge in [-0.3, -0.25) is 4.79 Å². The lowest BCUT2D eigenvalue weighted by molar-refractivity contribution is -0.125. The number of piperidine rings is 1. The maximum absolute atomic E-state index is 11.6. The number of hydrogen-bond donors (Lipinski definition) is 2. The number of aryl methyl sites for hydroxylation is 1. The minimum Gasteiger partial charge on any atom is -0.383 e. The molecule has 1 aliphatic heterocycles. The summed E-state index contributed by atoms with van der Waals surface area (Å²) in [6.07, 6.45) is 1.70. The molecule has 0 aromatic carbocycles. The average Bonchev–Trinajstić information content (AvgIpc) is 2.42. The molecule has 1 aromatic rings. The Morgan fingerprint density at radius 2 is 1.95 bits per heavy atom. The summed E-state index contributed by atoms with van der Waals surface area (Å²) in [6, 6.07) is 0. The number of nitrogens with two attached hydrogens (primary N) is 1. The normalized spacial score (nSPS) is 16.5. The van der Waals surface area contributed by atoms with Crippen LogP contribution in [0.25, 0.3) is 0 Å². The highest BCUT2D eigenvalue weighted by Crippen LogP contribution is 2.26. The van der Waals surface area contributed by atoms with Crippen LogP contribution in [0.15, 0.2) is 0 Å². The first-order valence-corrected chi connectivity index (χ1v) is 6.60. The molecule has 6 nitrogen and oxygen atoms in total. The third kappa shape index (κ3) is 2.77. The fraction of sp³-hybridized carbons (Fsp3) is 0.615. The number of amides is 1. The Morgan fingerprint density at radius 1 is 1.32 bits per heavy atom. The lowest BCUT2D eigenvalue weighted by Crippen LogP contribution is -2.40. The van der Waals surface area contributed by atoms with Crippen molar-refractivity contribution >= 4 is 17.5 Å². The average molecular weight is 263 g/mol. The minimum absolute atomic E-state index is 0.113. The smallest absolute Gasteiger partial charge is 0.222 e. The van der Waals surface area contributed by atoms with Crippen LogP contribution < -0.4 is 16.0 Å². The van der Waals surface area contributed by atoms with E-state index in [0.717, 1.165) is 37.3 Å². The van der Waals surface area contributed by atoms with E-state index in [1.54, 1.807) is 7.05 Å². The van der Waals surface area contributed by atoms with Gasteiger partial charge in [0.2, 0.25) is 5.91 Å². The highest BCUT2D eigenvalue weighted by Gasteiger charge is 2.26. The molecule has 1 aromatic heterocycles. The summed E-state index contributed by atoms with van der Waals surface area (Å²) in [7, 11) is 1.69. The molecule has 0 bridgehead atoms. The molecule has 0 unspecified atom stereocenters. The van der Waals surface area contributed by atoms with Gasteiger partial charge in [0.1, 0.15) is 17.5 Å². The maximum atomic E-state index is 11.6. The second-order valence-corrected chi connectivity index (χ2v) is 4.98. The molecule has 1 aliphatic rings. The number of anilines is 2. The highest BCUT2D eigenvalue weighted by molar-refractivity contribution is 5.78. The summed E-state index contributed by atoms with van der Waals surface area (Å²) >= 11 is 0. The summed E-state index contributed by atoms with van der Waals surface area (Å²) in [5.41, 5.74) is 6.80. The van der Waals surface area contributed by atoms with Gasteiger partial charge >= 0.3 is 0 Å². The van der Waals surface area contributed by atoms with E-state index in [2.05, 4.69) is 20.2 Å². The Bertz CT molecular complexity index is 480. The van der Waals surface area contributed by atoms with E-state index in [9.17, 15) is 4.79 Å². The highest BCUT2D eigenvalue weighted by atomic mass is 16.1. The van der Waals surface area contributed by atoms with Gasteiger partial charge < -0.3 is 16.0 Å². The van der Waals surface area contributed by atoms with E-state index in [-0.39, 0.29) is 11.8 Å². The van der Waals surface area contributed by atoms with Gasteiger partial charge in [-0.15, -0.1) is 0 Å². The second kappa shape index (κ2) is 5.42. The van der Waals surface area contributed by atoms with Crippen LogP contribution in [0.2, 0.25) is 0 Å². The fourth-order valence-electron chi connectivity index (χ4n) is 2.50. The topological polar surface area (TPSA) is 84.1 Å². The summed E-state index contributed by atoms with van der Waals surface area (Å²) in [6.45, 7) is 5.44. The molecule has 0 radical (unpaired) electrons. The largest absolute Gasteiger partial charge is 0.383 e. The summed E-state index contributed by atoms with van der Waals surface area (Å²) < 4.78 is 0. The van der Waals surface area contributed by atoms with Gasteiger partial charge in [0, 0.05) is 31.6 Å². The van der Waals surface area contributed by atoms with Gasteiger partial charge in [-0.25, -0.2) is 9.97 Å². The van der Waals surface area contributed by atoms with Gasteiger partial charge in [0.15, 0.2) is 0 Å². The Labute approximate surface area is 113 Å². The van der Waals surface area contributed by atoms with E-state index >= 15 is 0 Å². The van der Waals surface area contributed by atoms with Crippen LogP contribution in [-0.4, -0.2) is 36.0 Å². The zero-order chi connectivity index (χ0) is 14.0. The second-order valence-electron chi connectivity index (χ2n) is 4.98. The van der Waals surface area contributed by atoms with Crippen LogP contribution in [0.3, 0.4) is 0 Å². The van der Waals surface area contributed by atoms with Crippen molar-refractivity contribution in [1.82, 2.24) is 15.3 Å². The predicted octanol–water partition coefficient (Wildman–Crippen LogP) is 0.638. The van der Waals surface area contributed by atoms with Gasteiger partial charge in [-0.2, -0.15) is 0 Å². The van der Waals surface area contributed by atoms with Crippen molar-refractivity contribution in [1.29, 1.82) is 0 Å². The van der Waals surface area contributed by atoms with Crippen molar-refractivity contribution in [2.75, 3.05) is 30.8 Å². The first-order valence-electron chi connectivity index (χ1n) is 6.60. The SMILES string of the molecule is CNC(=O)C1CCN(c2nc(C)nc(N)c2C)CC1. The number of rotatable bonds is 2. The van der Waals surface area contributed by atoms with Gasteiger partial charge in [0.25, 0.3) is 0 Å². The van der Waals surface area contributed by atoms with Crippen LogP contribution in [0.1, 0.15) is 24.2 Å². The molecular formula is C13H21N5O. The van der Waals surface area contributed by atoms with Crippen molar-refractivity contribution in [3.63, 3.8) is 0 Å². The van der Waals surface area contributed by atoms with Crippen LogP contribution in [0, 0.1) is 19.8 Å². The number of nitrogen functional groups attached to an aromatic ring is 1. The van der Waals surface area contributed by atoms with Crippen molar-refractivity contribution < 1.29 is 4.79 Å². The molecule has 1 fully saturated rings. The lowest BCUT2D eigenvalue weighted by Gasteiger charge is -2.33. The standard InChI is InChI=1S/C13H21N5O/c1-8-11(14)16-9(2)17-12(8)18-6-4-10(5-7-18)13(19)15-3/h10H,4-7H2,1-3H3,(H,15,19)(H2,14,16,17). The number of nitrogens with one attached hydrogen (secondary N) is 1.